The predicted molar refractivity (Wildman–Crippen MR) is 50.0 cm³/mol. The maximum absolute atomic E-state index is 9.28. The van der Waals surface area contributed by atoms with Crippen molar-refractivity contribution in [3.63, 3.8) is 0 Å². The highest BCUT2D eigenvalue weighted by atomic mass is 16.5. The summed E-state index contributed by atoms with van der Waals surface area (Å²) in [5.74, 6) is 0.571. The van der Waals surface area contributed by atoms with E-state index < -0.39 is 0 Å². The van der Waals surface area contributed by atoms with E-state index in [4.69, 9.17) is 4.74 Å². The van der Waals surface area contributed by atoms with Gasteiger partial charge in [0.05, 0.1) is 24.7 Å². The van der Waals surface area contributed by atoms with Crippen molar-refractivity contribution in [1.82, 2.24) is 0 Å². The van der Waals surface area contributed by atoms with Crippen LogP contribution in [0.15, 0.2) is 0 Å². The molecule has 0 aromatic rings. The second-order valence-corrected chi connectivity index (χ2v) is 4.85. The van der Waals surface area contributed by atoms with Crippen molar-refractivity contribution >= 4 is 0 Å². The lowest BCUT2D eigenvalue weighted by Gasteiger charge is -2.58. The van der Waals surface area contributed by atoms with Gasteiger partial charge >= 0.3 is 0 Å². The summed E-state index contributed by atoms with van der Waals surface area (Å²) in [6.45, 7) is 6.05. The minimum absolute atomic E-state index is 0.0422. The summed E-state index contributed by atoms with van der Waals surface area (Å²) in [5, 5.41) is 9.28. The van der Waals surface area contributed by atoms with Gasteiger partial charge in [0.25, 0.3) is 0 Å². The van der Waals surface area contributed by atoms with E-state index in [2.05, 4.69) is 19.9 Å². The van der Waals surface area contributed by atoms with Crippen LogP contribution in [0.1, 0.15) is 33.1 Å². The summed E-state index contributed by atoms with van der Waals surface area (Å²) in [6.07, 6.45) is 3.40. The van der Waals surface area contributed by atoms with Gasteiger partial charge in [0.2, 0.25) is 0 Å². The Hall–Kier alpha value is -0.550. The van der Waals surface area contributed by atoms with Crippen LogP contribution in [0.3, 0.4) is 0 Å². The molecule has 0 bridgehead atoms. The molecule has 1 saturated heterocycles. The molecule has 2 fully saturated rings. The zero-order chi connectivity index (χ0) is 9.53. The minimum Gasteiger partial charge on any atom is -0.380 e. The summed E-state index contributed by atoms with van der Waals surface area (Å²) in [7, 11) is 0. The van der Waals surface area contributed by atoms with Crippen LogP contribution in [0.2, 0.25) is 0 Å². The van der Waals surface area contributed by atoms with Gasteiger partial charge < -0.3 is 4.74 Å². The molecule has 1 heterocycles. The average molecular weight is 179 g/mol. The molecule has 1 saturated carbocycles. The highest BCUT2D eigenvalue weighted by Gasteiger charge is 2.60. The van der Waals surface area contributed by atoms with Gasteiger partial charge in [-0.2, -0.15) is 5.26 Å². The van der Waals surface area contributed by atoms with Gasteiger partial charge in [-0.1, -0.05) is 20.3 Å². The monoisotopic (exact) mass is 179 g/mol. The number of hydrogen-bond acceptors (Lipinski definition) is 2. The van der Waals surface area contributed by atoms with E-state index in [1.165, 1.54) is 6.42 Å². The molecule has 2 aliphatic rings. The molecule has 0 radical (unpaired) electrons. The Morgan fingerprint density at radius 2 is 1.92 bits per heavy atom. The Bertz CT molecular complexity index is 243. The van der Waals surface area contributed by atoms with E-state index in [1.807, 2.05) is 0 Å². The summed E-state index contributed by atoms with van der Waals surface area (Å²) in [6, 6.07) is 2.56. The van der Waals surface area contributed by atoms with E-state index in [0.717, 1.165) is 26.1 Å². The van der Waals surface area contributed by atoms with Gasteiger partial charge in [0, 0.05) is 5.41 Å². The highest BCUT2D eigenvalue weighted by molar-refractivity contribution is 5.17. The van der Waals surface area contributed by atoms with Crippen molar-refractivity contribution in [3.05, 3.63) is 0 Å². The maximum Gasteiger partial charge on any atom is 0.0697 e. The zero-order valence-corrected chi connectivity index (χ0v) is 8.47. The van der Waals surface area contributed by atoms with Crippen molar-refractivity contribution in [2.75, 3.05) is 13.2 Å². The van der Waals surface area contributed by atoms with Crippen LogP contribution in [-0.4, -0.2) is 13.2 Å². The molecular weight excluding hydrogens is 162 g/mol. The van der Waals surface area contributed by atoms with Gasteiger partial charge in [-0.05, 0) is 18.8 Å². The van der Waals surface area contributed by atoms with Crippen molar-refractivity contribution in [2.24, 2.45) is 16.7 Å². The summed E-state index contributed by atoms with van der Waals surface area (Å²) in [4.78, 5) is 0. The number of nitriles is 1. The highest BCUT2D eigenvalue weighted by Crippen LogP contribution is 2.60. The Kier molecular flexibility index (Phi) is 1.89. The molecule has 2 rings (SSSR count). The number of hydrogen-bond donors (Lipinski definition) is 0. The van der Waals surface area contributed by atoms with Crippen molar-refractivity contribution in [3.8, 4) is 6.07 Å². The van der Waals surface area contributed by atoms with Gasteiger partial charge in [0.1, 0.15) is 0 Å². The third-order valence-electron chi connectivity index (χ3n) is 4.20. The smallest absolute Gasteiger partial charge is 0.0697 e. The minimum atomic E-state index is -0.0422. The molecule has 2 nitrogen and oxygen atoms in total. The standard InChI is InChI=1S/C11H17NO/c1-9(2)11(7-13-8-11)10(6-12)4-3-5-10/h9H,3-5,7-8H2,1-2H3. The fourth-order valence-electron chi connectivity index (χ4n) is 2.74. The normalized spacial score (nSPS) is 28.8. The third-order valence-corrected chi connectivity index (χ3v) is 4.20. The molecule has 0 atom stereocenters. The summed E-state index contributed by atoms with van der Waals surface area (Å²) in [5.41, 5.74) is 0.138. The Balaban J connectivity index is 2.25. The van der Waals surface area contributed by atoms with Crippen molar-refractivity contribution in [2.45, 2.75) is 33.1 Å². The Morgan fingerprint density at radius 1 is 1.31 bits per heavy atom. The van der Waals surface area contributed by atoms with E-state index in [-0.39, 0.29) is 10.8 Å². The fraction of sp³-hybridized carbons (Fsp3) is 0.909. The van der Waals surface area contributed by atoms with Crippen LogP contribution in [-0.2, 0) is 4.74 Å². The Morgan fingerprint density at radius 3 is 2.00 bits per heavy atom. The van der Waals surface area contributed by atoms with Crippen molar-refractivity contribution in [1.29, 1.82) is 5.26 Å². The average Bonchev–Trinajstić information content (AvgIpc) is 1.91. The topological polar surface area (TPSA) is 33.0 Å². The SMILES string of the molecule is CC(C)C1(C2(C#N)CCC2)COC1. The van der Waals surface area contributed by atoms with Crippen LogP contribution in [0.25, 0.3) is 0 Å². The van der Waals surface area contributed by atoms with E-state index in [9.17, 15) is 5.26 Å². The molecule has 0 aromatic carbocycles. The van der Waals surface area contributed by atoms with E-state index in [1.54, 1.807) is 0 Å². The molecule has 0 N–H and O–H groups in total. The van der Waals surface area contributed by atoms with Gasteiger partial charge in [-0.25, -0.2) is 0 Å². The lowest BCUT2D eigenvalue weighted by atomic mass is 9.49. The lowest BCUT2D eigenvalue weighted by Crippen LogP contribution is -2.60. The predicted octanol–water partition coefficient (Wildman–Crippen LogP) is 2.35. The lowest BCUT2D eigenvalue weighted by molar-refractivity contribution is -0.213. The van der Waals surface area contributed by atoms with Crippen LogP contribution >= 0.6 is 0 Å². The van der Waals surface area contributed by atoms with Crippen LogP contribution in [0, 0.1) is 28.1 Å². The molecule has 13 heavy (non-hydrogen) atoms. The summed E-state index contributed by atoms with van der Waals surface area (Å²) < 4.78 is 5.33. The first-order valence-electron chi connectivity index (χ1n) is 5.16. The molecular formula is C11H17NO. The first-order chi connectivity index (χ1) is 6.17. The molecule has 72 valence electrons. The number of rotatable bonds is 2. The summed E-state index contributed by atoms with van der Waals surface area (Å²) >= 11 is 0. The van der Waals surface area contributed by atoms with Crippen molar-refractivity contribution < 1.29 is 4.74 Å². The quantitative estimate of drug-likeness (QED) is 0.652. The first-order valence-corrected chi connectivity index (χ1v) is 5.16. The molecule has 1 aliphatic carbocycles. The second kappa shape index (κ2) is 2.72. The molecule has 0 unspecified atom stereocenters. The third kappa shape index (κ3) is 0.914. The molecule has 0 spiro atoms. The van der Waals surface area contributed by atoms with E-state index in [0.29, 0.717) is 5.92 Å². The Labute approximate surface area is 79.9 Å². The van der Waals surface area contributed by atoms with Crippen LogP contribution < -0.4 is 0 Å². The van der Waals surface area contributed by atoms with Gasteiger partial charge in [-0.3, -0.25) is 0 Å². The second-order valence-electron chi connectivity index (χ2n) is 4.85. The largest absolute Gasteiger partial charge is 0.380 e. The molecule has 0 amide bonds. The van der Waals surface area contributed by atoms with Crippen LogP contribution in [0.5, 0.6) is 0 Å². The van der Waals surface area contributed by atoms with Crippen LogP contribution in [0.4, 0.5) is 0 Å². The van der Waals surface area contributed by atoms with Gasteiger partial charge in [0.15, 0.2) is 0 Å². The maximum atomic E-state index is 9.28. The zero-order valence-electron chi connectivity index (χ0n) is 8.47. The number of ether oxygens (including phenoxy) is 1. The molecule has 0 aromatic heterocycles. The fourth-order valence-corrected chi connectivity index (χ4v) is 2.74. The molecule has 1 aliphatic heterocycles. The van der Waals surface area contributed by atoms with E-state index >= 15 is 0 Å². The van der Waals surface area contributed by atoms with Gasteiger partial charge in [-0.15, -0.1) is 0 Å². The number of nitrogens with zero attached hydrogens (tertiary/aromatic N) is 1. The first kappa shape index (κ1) is 9.02. The molecule has 2 heteroatoms.